The Hall–Kier alpha value is -0.650. The summed E-state index contributed by atoms with van der Waals surface area (Å²) in [4.78, 5) is 2.34. The van der Waals surface area contributed by atoms with Crippen LogP contribution < -0.4 is 5.73 Å². The van der Waals surface area contributed by atoms with Gasteiger partial charge < -0.3 is 5.73 Å². The second kappa shape index (κ2) is 4.72. The highest BCUT2D eigenvalue weighted by atomic mass is 35.5. The molecule has 6 heteroatoms. The zero-order valence-corrected chi connectivity index (χ0v) is 9.07. The van der Waals surface area contributed by atoms with Crippen LogP contribution in [0.1, 0.15) is 12.1 Å². The lowest BCUT2D eigenvalue weighted by molar-refractivity contribution is 0.317. The van der Waals surface area contributed by atoms with E-state index < -0.39 is 0 Å². The van der Waals surface area contributed by atoms with Crippen molar-refractivity contribution in [2.45, 2.75) is 19.0 Å². The minimum Gasteiger partial charge on any atom is -0.326 e. The molecule has 0 unspecified atom stereocenters. The first-order valence-electron chi connectivity index (χ1n) is 4.57. The second-order valence-electron chi connectivity index (χ2n) is 3.63. The van der Waals surface area contributed by atoms with Crippen LogP contribution in [-0.4, -0.2) is 39.0 Å². The van der Waals surface area contributed by atoms with E-state index in [1.165, 1.54) is 0 Å². The van der Waals surface area contributed by atoms with Gasteiger partial charge in [0.05, 0.1) is 11.9 Å². The Morgan fingerprint density at radius 1 is 1.64 bits per heavy atom. The van der Waals surface area contributed by atoms with Crippen LogP contribution in [0, 0.1) is 0 Å². The van der Waals surface area contributed by atoms with E-state index in [9.17, 15) is 0 Å². The van der Waals surface area contributed by atoms with Gasteiger partial charge in [-0.2, -0.15) is 0 Å². The molecule has 0 aromatic carbocycles. The maximum Gasteiger partial charge on any atom is 0.0738 e. The third kappa shape index (κ3) is 2.43. The molecule has 0 amide bonds. The summed E-state index contributed by atoms with van der Waals surface area (Å²) in [5.41, 5.74) is 6.96. The lowest BCUT2D eigenvalue weighted by Gasteiger charge is -2.13. The van der Waals surface area contributed by atoms with Crippen LogP contribution in [0.4, 0.5) is 0 Å². The van der Waals surface area contributed by atoms with Gasteiger partial charge in [-0.3, -0.25) is 9.58 Å². The van der Waals surface area contributed by atoms with Crippen molar-refractivity contribution in [2.24, 2.45) is 12.8 Å². The molecule has 1 fully saturated rings. The van der Waals surface area contributed by atoms with Crippen LogP contribution in [0.2, 0.25) is 0 Å². The number of aryl methyl sites for hydroxylation is 1. The molecule has 2 heterocycles. The Kier molecular flexibility index (Phi) is 3.86. The van der Waals surface area contributed by atoms with E-state index >= 15 is 0 Å². The maximum atomic E-state index is 5.81. The van der Waals surface area contributed by atoms with Crippen molar-refractivity contribution in [1.82, 2.24) is 19.9 Å². The minimum atomic E-state index is 0. The summed E-state index contributed by atoms with van der Waals surface area (Å²) in [7, 11) is 1.92. The van der Waals surface area contributed by atoms with Crippen LogP contribution in [0.3, 0.4) is 0 Å². The minimum absolute atomic E-state index is 0. The second-order valence-corrected chi connectivity index (χ2v) is 3.63. The Morgan fingerprint density at radius 3 is 2.93 bits per heavy atom. The first-order chi connectivity index (χ1) is 6.25. The van der Waals surface area contributed by atoms with Gasteiger partial charge >= 0.3 is 0 Å². The highest BCUT2D eigenvalue weighted by Crippen LogP contribution is 2.10. The fourth-order valence-electron chi connectivity index (χ4n) is 1.69. The molecule has 2 N–H and O–H groups in total. The Balaban J connectivity index is 0.000000980. The molecule has 1 atom stereocenters. The largest absolute Gasteiger partial charge is 0.326 e. The summed E-state index contributed by atoms with van der Waals surface area (Å²) in [6.45, 7) is 2.99. The average molecular weight is 218 g/mol. The number of rotatable bonds is 2. The van der Waals surface area contributed by atoms with E-state index in [-0.39, 0.29) is 12.4 Å². The zero-order chi connectivity index (χ0) is 9.26. The Morgan fingerprint density at radius 2 is 2.43 bits per heavy atom. The fourth-order valence-corrected chi connectivity index (χ4v) is 1.69. The Bertz CT molecular complexity index is 287. The van der Waals surface area contributed by atoms with Gasteiger partial charge in [-0.1, -0.05) is 5.21 Å². The predicted octanol–water partition coefficient (Wildman–Crippen LogP) is -0.230. The first-order valence-corrected chi connectivity index (χ1v) is 4.57. The predicted molar refractivity (Wildman–Crippen MR) is 56.1 cm³/mol. The molecular weight excluding hydrogens is 202 g/mol. The number of aromatic nitrogens is 3. The van der Waals surface area contributed by atoms with E-state index in [2.05, 4.69) is 15.2 Å². The van der Waals surface area contributed by atoms with Gasteiger partial charge in [0, 0.05) is 32.7 Å². The highest BCUT2D eigenvalue weighted by Gasteiger charge is 2.19. The third-order valence-corrected chi connectivity index (χ3v) is 2.50. The van der Waals surface area contributed by atoms with Gasteiger partial charge in [-0.05, 0) is 6.42 Å². The van der Waals surface area contributed by atoms with Crippen LogP contribution >= 0.6 is 12.4 Å². The third-order valence-electron chi connectivity index (χ3n) is 2.50. The van der Waals surface area contributed by atoms with E-state index in [1.807, 2.05) is 17.9 Å². The van der Waals surface area contributed by atoms with Crippen molar-refractivity contribution in [2.75, 3.05) is 13.1 Å². The van der Waals surface area contributed by atoms with Gasteiger partial charge in [0.25, 0.3) is 0 Å². The molecule has 2 rings (SSSR count). The average Bonchev–Trinajstić information content (AvgIpc) is 2.64. The van der Waals surface area contributed by atoms with E-state index in [4.69, 9.17) is 5.73 Å². The Labute approximate surface area is 89.7 Å². The van der Waals surface area contributed by atoms with Crippen molar-refractivity contribution in [3.05, 3.63) is 11.9 Å². The van der Waals surface area contributed by atoms with Crippen molar-refractivity contribution < 1.29 is 0 Å². The van der Waals surface area contributed by atoms with E-state index in [0.29, 0.717) is 6.04 Å². The molecule has 1 aliphatic heterocycles. The molecule has 0 spiro atoms. The van der Waals surface area contributed by atoms with Gasteiger partial charge in [0.2, 0.25) is 0 Å². The maximum absolute atomic E-state index is 5.81. The summed E-state index contributed by atoms with van der Waals surface area (Å²) in [5, 5.41) is 7.72. The van der Waals surface area contributed by atoms with Crippen molar-refractivity contribution in [3.8, 4) is 0 Å². The summed E-state index contributed by atoms with van der Waals surface area (Å²) in [6.07, 6.45) is 2.91. The van der Waals surface area contributed by atoms with Gasteiger partial charge in [-0.15, -0.1) is 17.5 Å². The quantitative estimate of drug-likeness (QED) is 0.744. The number of halogens is 1. The number of hydrogen-bond donors (Lipinski definition) is 1. The van der Waals surface area contributed by atoms with Crippen molar-refractivity contribution in [3.63, 3.8) is 0 Å². The normalized spacial score (nSPS) is 22.3. The van der Waals surface area contributed by atoms with Crippen molar-refractivity contribution in [1.29, 1.82) is 0 Å². The number of nitrogens with zero attached hydrogens (tertiary/aromatic N) is 4. The number of hydrogen-bond acceptors (Lipinski definition) is 4. The standard InChI is InChI=1S/C8H15N5.ClH/c1-12-8(4-10-11-12)6-13-3-2-7(9)5-13;/h4,7H,2-3,5-6,9H2,1H3;1H/t7-;/m0./s1. The summed E-state index contributed by atoms with van der Waals surface area (Å²) in [5.74, 6) is 0. The lowest BCUT2D eigenvalue weighted by atomic mass is 10.3. The molecular formula is C8H16ClN5. The van der Waals surface area contributed by atoms with Gasteiger partial charge in [-0.25, -0.2) is 0 Å². The molecule has 1 saturated heterocycles. The highest BCUT2D eigenvalue weighted by molar-refractivity contribution is 5.85. The number of nitrogens with two attached hydrogens (primary N) is 1. The molecule has 0 bridgehead atoms. The topological polar surface area (TPSA) is 60.0 Å². The molecule has 1 aromatic heterocycles. The zero-order valence-electron chi connectivity index (χ0n) is 8.26. The molecule has 80 valence electrons. The monoisotopic (exact) mass is 217 g/mol. The lowest BCUT2D eigenvalue weighted by Crippen LogP contribution is -2.26. The van der Waals surface area contributed by atoms with Crippen molar-refractivity contribution >= 4 is 12.4 Å². The molecule has 0 saturated carbocycles. The van der Waals surface area contributed by atoms with Crippen LogP contribution in [0.15, 0.2) is 6.20 Å². The SMILES string of the molecule is Cl.Cn1nncc1CN1CC[C@H](N)C1. The van der Waals surface area contributed by atoms with Gasteiger partial charge in [0.15, 0.2) is 0 Å². The molecule has 14 heavy (non-hydrogen) atoms. The summed E-state index contributed by atoms with van der Waals surface area (Å²) < 4.78 is 1.81. The van der Waals surface area contributed by atoms with Crippen LogP contribution in [0.5, 0.6) is 0 Å². The smallest absolute Gasteiger partial charge is 0.0738 e. The molecule has 1 aliphatic rings. The van der Waals surface area contributed by atoms with Crippen LogP contribution in [-0.2, 0) is 13.6 Å². The summed E-state index contributed by atoms with van der Waals surface area (Å²) >= 11 is 0. The summed E-state index contributed by atoms with van der Waals surface area (Å²) in [6, 6.07) is 0.348. The van der Waals surface area contributed by atoms with E-state index in [0.717, 1.165) is 31.7 Å². The molecule has 1 aromatic rings. The van der Waals surface area contributed by atoms with E-state index in [1.54, 1.807) is 0 Å². The number of likely N-dealkylation sites (tertiary alicyclic amines) is 1. The molecule has 0 aliphatic carbocycles. The first kappa shape index (κ1) is 11.4. The molecule has 5 nitrogen and oxygen atoms in total. The van der Waals surface area contributed by atoms with Crippen LogP contribution in [0.25, 0.3) is 0 Å². The fraction of sp³-hybridized carbons (Fsp3) is 0.750. The van der Waals surface area contributed by atoms with Gasteiger partial charge in [0.1, 0.15) is 0 Å². The molecule has 0 radical (unpaired) electrons.